The number of ether oxygens (including phenoxy) is 2. The number of benzene rings is 1. The van der Waals surface area contributed by atoms with Crippen LogP contribution in [0.25, 0.3) is 0 Å². The first-order chi connectivity index (χ1) is 9.16. The Morgan fingerprint density at radius 3 is 2.84 bits per heavy atom. The molecule has 6 nitrogen and oxygen atoms in total. The van der Waals surface area contributed by atoms with Crippen molar-refractivity contribution in [3.8, 4) is 11.5 Å². The van der Waals surface area contributed by atoms with E-state index in [1.165, 1.54) is 0 Å². The van der Waals surface area contributed by atoms with Crippen LogP contribution < -0.4 is 20.5 Å². The molecule has 1 unspecified atom stereocenters. The van der Waals surface area contributed by atoms with Gasteiger partial charge in [0.05, 0.1) is 0 Å². The van der Waals surface area contributed by atoms with Crippen LogP contribution in [0.15, 0.2) is 18.2 Å². The highest BCUT2D eigenvalue weighted by atomic mass is 16.6. The average molecular weight is 266 g/mol. The first-order valence-electron chi connectivity index (χ1n) is 6.24. The minimum absolute atomic E-state index is 0.403. The van der Waals surface area contributed by atoms with Gasteiger partial charge in [-0.2, -0.15) is 0 Å². The van der Waals surface area contributed by atoms with Crippen molar-refractivity contribution in [2.45, 2.75) is 19.0 Å². The second-order valence-electron chi connectivity index (χ2n) is 4.39. The average Bonchev–Trinajstić information content (AvgIpc) is 2.43. The van der Waals surface area contributed by atoms with Crippen LogP contribution in [0.5, 0.6) is 11.5 Å². The van der Waals surface area contributed by atoms with Gasteiger partial charge in [0.1, 0.15) is 19.3 Å². The third-order valence-electron chi connectivity index (χ3n) is 2.89. The van der Waals surface area contributed by atoms with Gasteiger partial charge in [-0.15, -0.1) is 0 Å². The van der Waals surface area contributed by atoms with Crippen LogP contribution in [0.3, 0.4) is 0 Å². The lowest BCUT2D eigenvalue weighted by Gasteiger charge is -2.19. The molecular formula is C13H18N2O4. The number of aliphatic carboxylic acids is 1. The maximum Gasteiger partial charge on any atom is 0.320 e. The van der Waals surface area contributed by atoms with Crippen molar-refractivity contribution in [2.75, 3.05) is 19.8 Å². The van der Waals surface area contributed by atoms with Gasteiger partial charge in [0.2, 0.25) is 0 Å². The molecule has 1 aromatic rings. The van der Waals surface area contributed by atoms with Crippen LogP contribution in [0, 0.1) is 0 Å². The van der Waals surface area contributed by atoms with Crippen LogP contribution >= 0.6 is 0 Å². The van der Waals surface area contributed by atoms with Crippen LogP contribution in [0.2, 0.25) is 0 Å². The Morgan fingerprint density at radius 2 is 2.11 bits per heavy atom. The number of fused-ring (bicyclic) bond motifs is 1. The van der Waals surface area contributed by atoms with Gasteiger partial charge in [-0.05, 0) is 30.7 Å². The molecule has 1 aliphatic heterocycles. The summed E-state index contributed by atoms with van der Waals surface area (Å²) in [5.74, 6) is 0.553. The summed E-state index contributed by atoms with van der Waals surface area (Å²) in [4.78, 5) is 10.5. The smallest absolute Gasteiger partial charge is 0.320 e. The Hall–Kier alpha value is -1.79. The predicted octanol–water partition coefficient (Wildman–Crippen LogP) is 0.349. The van der Waals surface area contributed by atoms with Gasteiger partial charge in [-0.25, -0.2) is 0 Å². The van der Waals surface area contributed by atoms with Gasteiger partial charge in [0.15, 0.2) is 11.5 Å². The Bertz CT molecular complexity index is 450. The molecule has 4 N–H and O–H groups in total. The fourth-order valence-electron chi connectivity index (χ4n) is 1.81. The van der Waals surface area contributed by atoms with Crippen molar-refractivity contribution in [3.63, 3.8) is 0 Å². The number of rotatable bonds is 6. The molecule has 6 heteroatoms. The molecule has 1 heterocycles. The highest BCUT2D eigenvalue weighted by Gasteiger charge is 2.12. The molecule has 0 radical (unpaired) electrons. The summed E-state index contributed by atoms with van der Waals surface area (Å²) in [6.07, 6.45) is 0.403. The van der Waals surface area contributed by atoms with E-state index in [9.17, 15) is 4.79 Å². The number of carboxylic acids is 1. The largest absolute Gasteiger partial charge is 0.486 e. The number of nitrogens with two attached hydrogens (primary N) is 1. The van der Waals surface area contributed by atoms with E-state index >= 15 is 0 Å². The van der Waals surface area contributed by atoms with Crippen molar-refractivity contribution in [1.82, 2.24) is 5.32 Å². The molecule has 0 fully saturated rings. The zero-order chi connectivity index (χ0) is 13.7. The zero-order valence-electron chi connectivity index (χ0n) is 10.6. The molecule has 0 bridgehead atoms. The molecular weight excluding hydrogens is 248 g/mol. The summed E-state index contributed by atoms with van der Waals surface area (Å²) in [5, 5.41) is 11.8. The molecule has 2 rings (SSSR count). The highest BCUT2D eigenvalue weighted by Crippen LogP contribution is 2.30. The number of nitrogens with one attached hydrogen (secondary N) is 1. The lowest BCUT2D eigenvalue weighted by molar-refractivity contribution is -0.138. The molecule has 1 aromatic carbocycles. The van der Waals surface area contributed by atoms with E-state index in [-0.39, 0.29) is 0 Å². The molecule has 0 spiro atoms. The molecule has 1 atom stereocenters. The van der Waals surface area contributed by atoms with Crippen molar-refractivity contribution < 1.29 is 19.4 Å². The molecule has 1 aliphatic rings. The van der Waals surface area contributed by atoms with E-state index in [1.54, 1.807) is 0 Å². The minimum Gasteiger partial charge on any atom is -0.486 e. The van der Waals surface area contributed by atoms with Crippen molar-refractivity contribution in [3.05, 3.63) is 23.8 Å². The van der Waals surface area contributed by atoms with Crippen LogP contribution in [-0.2, 0) is 11.3 Å². The lowest BCUT2D eigenvalue weighted by Crippen LogP contribution is -2.33. The number of carbonyl (C=O) groups is 1. The molecule has 0 aromatic heterocycles. The summed E-state index contributed by atoms with van der Waals surface area (Å²) >= 11 is 0. The predicted molar refractivity (Wildman–Crippen MR) is 69.4 cm³/mol. The van der Waals surface area contributed by atoms with Crippen LogP contribution in [0.1, 0.15) is 12.0 Å². The standard InChI is InChI=1S/C13H18N2O4/c14-10(13(16)17)3-4-15-8-9-1-2-11-12(7-9)19-6-5-18-11/h1-2,7,10,15H,3-6,8,14H2,(H,16,17). The highest BCUT2D eigenvalue weighted by molar-refractivity contribution is 5.72. The lowest BCUT2D eigenvalue weighted by atomic mass is 10.2. The molecule has 19 heavy (non-hydrogen) atoms. The topological polar surface area (TPSA) is 93.8 Å². The molecule has 0 aliphatic carbocycles. The van der Waals surface area contributed by atoms with Crippen molar-refractivity contribution in [2.24, 2.45) is 5.73 Å². The van der Waals surface area contributed by atoms with E-state index in [1.807, 2.05) is 18.2 Å². The Balaban J connectivity index is 1.78. The normalized spacial score (nSPS) is 15.0. The van der Waals surface area contributed by atoms with Gasteiger partial charge in [-0.1, -0.05) is 6.07 Å². The van der Waals surface area contributed by atoms with E-state index in [4.69, 9.17) is 20.3 Å². The maximum atomic E-state index is 10.5. The second kappa shape index (κ2) is 6.40. The van der Waals surface area contributed by atoms with E-state index in [0.29, 0.717) is 32.7 Å². The van der Waals surface area contributed by atoms with Crippen LogP contribution in [-0.4, -0.2) is 36.9 Å². The minimum atomic E-state index is -0.971. The van der Waals surface area contributed by atoms with E-state index in [2.05, 4.69) is 5.32 Å². The summed E-state index contributed by atoms with van der Waals surface area (Å²) in [6, 6.07) is 4.96. The fourth-order valence-corrected chi connectivity index (χ4v) is 1.81. The van der Waals surface area contributed by atoms with E-state index in [0.717, 1.165) is 17.1 Å². The molecule has 0 saturated carbocycles. The van der Waals surface area contributed by atoms with Gasteiger partial charge in [0.25, 0.3) is 0 Å². The number of carboxylic acid groups (broad SMARTS) is 1. The quantitative estimate of drug-likeness (QED) is 0.643. The van der Waals surface area contributed by atoms with Gasteiger partial charge >= 0.3 is 5.97 Å². The maximum absolute atomic E-state index is 10.5. The first kappa shape index (κ1) is 13.6. The number of hydrogen-bond donors (Lipinski definition) is 3. The summed E-state index contributed by atoms with van der Waals surface area (Å²) in [5.41, 5.74) is 6.47. The van der Waals surface area contributed by atoms with Crippen LogP contribution in [0.4, 0.5) is 0 Å². The SMILES string of the molecule is NC(CCNCc1ccc2c(c1)OCCO2)C(=O)O. The van der Waals surface area contributed by atoms with Gasteiger partial charge in [0, 0.05) is 6.54 Å². The Kier molecular flexibility index (Phi) is 4.59. The van der Waals surface area contributed by atoms with Gasteiger partial charge < -0.3 is 25.6 Å². The summed E-state index contributed by atoms with van der Waals surface area (Å²) in [7, 11) is 0. The van der Waals surface area contributed by atoms with Crippen molar-refractivity contribution in [1.29, 1.82) is 0 Å². The van der Waals surface area contributed by atoms with Crippen molar-refractivity contribution >= 4 is 5.97 Å². The Labute approximate surface area is 111 Å². The monoisotopic (exact) mass is 266 g/mol. The third kappa shape index (κ3) is 3.84. The molecule has 0 saturated heterocycles. The molecule has 104 valence electrons. The summed E-state index contributed by atoms with van der Waals surface area (Å²) in [6.45, 7) is 2.35. The molecule has 0 amide bonds. The summed E-state index contributed by atoms with van der Waals surface area (Å²) < 4.78 is 10.9. The fraction of sp³-hybridized carbons (Fsp3) is 0.462. The Morgan fingerprint density at radius 1 is 1.37 bits per heavy atom. The zero-order valence-corrected chi connectivity index (χ0v) is 10.6. The first-order valence-corrected chi connectivity index (χ1v) is 6.24. The number of hydrogen-bond acceptors (Lipinski definition) is 5. The second-order valence-corrected chi connectivity index (χ2v) is 4.39. The van der Waals surface area contributed by atoms with Gasteiger partial charge in [-0.3, -0.25) is 4.79 Å². The van der Waals surface area contributed by atoms with E-state index < -0.39 is 12.0 Å². The third-order valence-corrected chi connectivity index (χ3v) is 2.89.